The maximum Gasteiger partial charge on any atom is 0.248 e. The molecule has 5 heteroatoms. The minimum Gasteiger partial charge on any atom is -0.366 e. The van der Waals surface area contributed by atoms with Gasteiger partial charge in [-0.1, -0.05) is 17.7 Å². The highest BCUT2D eigenvalue weighted by atomic mass is 35.5. The van der Waals surface area contributed by atoms with Gasteiger partial charge in [-0.05, 0) is 41.8 Å². The number of pyridine rings is 1. The van der Waals surface area contributed by atoms with E-state index in [1.54, 1.807) is 18.3 Å². The third-order valence-electron chi connectivity index (χ3n) is 3.12. The molecule has 0 aliphatic heterocycles. The summed E-state index contributed by atoms with van der Waals surface area (Å²) in [6, 6.07) is 7.06. The molecule has 1 heterocycles. The lowest BCUT2D eigenvalue weighted by atomic mass is 10.1. The summed E-state index contributed by atoms with van der Waals surface area (Å²) in [4.78, 5) is 15.1. The molecular formula is C15H16ClN3O. The largest absolute Gasteiger partial charge is 0.366 e. The van der Waals surface area contributed by atoms with Gasteiger partial charge in [-0.3, -0.25) is 9.78 Å². The van der Waals surface area contributed by atoms with Crippen molar-refractivity contribution in [3.63, 3.8) is 0 Å². The van der Waals surface area contributed by atoms with Gasteiger partial charge in [-0.2, -0.15) is 0 Å². The number of primary amides is 1. The summed E-state index contributed by atoms with van der Waals surface area (Å²) in [7, 11) is 0. The molecule has 1 aromatic carbocycles. The van der Waals surface area contributed by atoms with Crippen LogP contribution in [0.15, 0.2) is 36.7 Å². The van der Waals surface area contributed by atoms with E-state index in [0.717, 1.165) is 11.1 Å². The number of aromatic nitrogens is 1. The normalized spacial score (nSPS) is 10.5. The summed E-state index contributed by atoms with van der Waals surface area (Å²) in [5.41, 5.74) is 8.90. The maximum atomic E-state index is 11.0. The van der Waals surface area contributed by atoms with Gasteiger partial charge in [-0.25, -0.2) is 0 Å². The average Bonchev–Trinajstić information content (AvgIpc) is 2.42. The first kappa shape index (κ1) is 14.5. The Balaban J connectivity index is 1.98. The predicted molar refractivity (Wildman–Crippen MR) is 79.5 cm³/mol. The van der Waals surface area contributed by atoms with E-state index in [-0.39, 0.29) is 0 Å². The van der Waals surface area contributed by atoms with Crippen molar-refractivity contribution < 1.29 is 4.79 Å². The van der Waals surface area contributed by atoms with Crippen LogP contribution in [0.2, 0.25) is 5.02 Å². The van der Waals surface area contributed by atoms with Crippen molar-refractivity contribution in [2.45, 2.75) is 20.0 Å². The molecule has 1 aromatic heterocycles. The number of hydrogen-bond donors (Lipinski definition) is 2. The molecule has 2 aromatic rings. The van der Waals surface area contributed by atoms with Gasteiger partial charge in [0.1, 0.15) is 0 Å². The van der Waals surface area contributed by atoms with Gasteiger partial charge in [0, 0.05) is 36.1 Å². The van der Waals surface area contributed by atoms with Gasteiger partial charge in [0.2, 0.25) is 5.91 Å². The molecule has 104 valence electrons. The quantitative estimate of drug-likeness (QED) is 0.888. The topological polar surface area (TPSA) is 68.0 Å². The van der Waals surface area contributed by atoms with Crippen molar-refractivity contribution in [1.29, 1.82) is 0 Å². The molecule has 20 heavy (non-hydrogen) atoms. The van der Waals surface area contributed by atoms with Crippen LogP contribution in [0.3, 0.4) is 0 Å². The van der Waals surface area contributed by atoms with Crippen molar-refractivity contribution in [2.24, 2.45) is 5.73 Å². The first-order valence-electron chi connectivity index (χ1n) is 6.26. The lowest BCUT2D eigenvalue weighted by Gasteiger charge is -2.09. The maximum absolute atomic E-state index is 11.0. The summed E-state index contributed by atoms with van der Waals surface area (Å²) < 4.78 is 0. The number of benzene rings is 1. The number of halogens is 1. The second-order valence-electron chi connectivity index (χ2n) is 4.58. The Kier molecular flexibility index (Phi) is 4.71. The SMILES string of the molecule is Cc1ccncc1CNCc1ccc(C(N)=O)cc1Cl. The first-order valence-corrected chi connectivity index (χ1v) is 6.64. The molecule has 0 atom stereocenters. The van der Waals surface area contributed by atoms with Crippen LogP contribution >= 0.6 is 11.6 Å². The molecule has 0 bridgehead atoms. The second-order valence-corrected chi connectivity index (χ2v) is 4.98. The Morgan fingerprint density at radius 1 is 1.30 bits per heavy atom. The van der Waals surface area contributed by atoms with E-state index in [9.17, 15) is 4.79 Å². The minimum absolute atomic E-state index is 0.418. The molecule has 3 N–H and O–H groups in total. The zero-order valence-corrected chi connectivity index (χ0v) is 11.9. The van der Waals surface area contributed by atoms with Crippen LogP contribution in [0.25, 0.3) is 0 Å². The molecule has 1 amide bonds. The van der Waals surface area contributed by atoms with E-state index >= 15 is 0 Å². The predicted octanol–water partition coefficient (Wildman–Crippen LogP) is 2.43. The Morgan fingerprint density at radius 3 is 2.70 bits per heavy atom. The number of rotatable bonds is 5. The molecule has 0 radical (unpaired) electrons. The number of nitrogens with one attached hydrogen (secondary N) is 1. The zero-order chi connectivity index (χ0) is 14.5. The number of nitrogens with two attached hydrogens (primary N) is 1. The standard InChI is InChI=1S/C15H16ClN3O/c1-10-4-5-18-8-13(10)9-19-7-12-3-2-11(15(17)20)6-14(12)16/h2-6,8,19H,7,9H2,1H3,(H2,17,20). The summed E-state index contributed by atoms with van der Waals surface area (Å²) in [6.45, 7) is 3.38. The molecule has 0 saturated carbocycles. The molecule has 0 saturated heterocycles. The fraction of sp³-hybridized carbons (Fsp3) is 0.200. The highest BCUT2D eigenvalue weighted by Gasteiger charge is 2.05. The third-order valence-corrected chi connectivity index (χ3v) is 3.47. The van der Waals surface area contributed by atoms with Gasteiger partial charge in [0.25, 0.3) is 0 Å². The van der Waals surface area contributed by atoms with E-state index in [1.165, 1.54) is 5.56 Å². The van der Waals surface area contributed by atoms with Crippen molar-refractivity contribution >= 4 is 17.5 Å². The summed E-state index contributed by atoms with van der Waals surface area (Å²) in [5.74, 6) is -0.475. The number of aryl methyl sites for hydroxylation is 1. The summed E-state index contributed by atoms with van der Waals surface area (Å²) in [5, 5.41) is 3.85. The second kappa shape index (κ2) is 6.50. The summed E-state index contributed by atoms with van der Waals surface area (Å²) >= 11 is 6.13. The first-order chi connectivity index (χ1) is 9.58. The van der Waals surface area contributed by atoms with E-state index in [4.69, 9.17) is 17.3 Å². The Bertz CT molecular complexity index is 628. The van der Waals surface area contributed by atoms with Gasteiger partial charge >= 0.3 is 0 Å². The van der Waals surface area contributed by atoms with Crippen LogP contribution in [0.5, 0.6) is 0 Å². The Labute approximate surface area is 123 Å². The number of carbonyl (C=O) groups is 1. The highest BCUT2D eigenvalue weighted by Crippen LogP contribution is 2.18. The number of hydrogen-bond acceptors (Lipinski definition) is 3. The molecular weight excluding hydrogens is 274 g/mol. The minimum atomic E-state index is -0.475. The van der Waals surface area contributed by atoms with Crippen molar-refractivity contribution in [1.82, 2.24) is 10.3 Å². The molecule has 0 aliphatic carbocycles. The van der Waals surface area contributed by atoms with Gasteiger partial charge < -0.3 is 11.1 Å². The lowest BCUT2D eigenvalue weighted by Crippen LogP contribution is -2.15. The lowest BCUT2D eigenvalue weighted by molar-refractivity contribution is 0.100. The van der Waals surface area contributed by atoms with E-state index in [1.807, 2.05) is 25.3 Å². The van der Waals surface area contributed by atoms with Crippen molar-refractivity contribution in [3.8, 4) is 0 Å². The van der Waals surface area contributed by atoms with Crippen LogP contribution in [0.4, 0.5) is 0 Å². The van der Waals surface area contributed by atoms with Gasteiger partial charge in [0.15, 0.2) is 0 Å². The molecule has 0 aliphatic rings. The van der Waals surface area contributed by atoms with Gasteiger partial charge in [0.05, 0.1) is 0 Å². The zero-order valence-electron chi connectivity index (χ0n) is 11.2. The van der Waals surface area contributed by atoms with Gasteiger partial charge in [-0.15, -0.1) is 0 Å². The third kappa shape index (κ3) is 3.56. The number of nitrogens with zero attached hydrogens (tertiary/aromatic N) is 1. The average molecular weight is 290 g/mol. The number of carbonyl (C=O) groups excluding carboxylic acids is 1. The monoisotopic (exact) mass is 289 g/mol. The molecule has 0 fully saturated rings. The van der Waals surface area contributed by atoms with E-state index < -0.39 is 5.91 Å². The molecule has 4 nitrogen and oxygen atoms in total. The van der Waals surface area contributed by atoms with Crippen LogP contribution < -0.4 is 11.1 Å². The van der Waals surface area contributed by atoms with E-state index in [0.29, 0.717) is 23.7 Å². The fourth-order valence-electron chi connectivity index (χ4n) is 1.86. The smallest absolute Gasteiger partial charge is 0.248 e. The Hall–Kier alpha value is -1.91. The fourth-order valence-corrected chi connectivity index (χ4v) is 2.10. The molecule has 2 rings (SSSR count). The number of amides is 1. The van der Waals surface area contributed by atoms with Crippen molar-refractivity contribution in [3.05, 3.63) is 63.9 Å². The summed E-state index contributed by atoms with van der Waals surface area (Å²) in [6.07, 6.45) is 3.62. The van der Waals surface area contributed by atoms with E-state index in [2.05, 4.69) is 10.3 Å². The van der Waals surface area contributed by atoms with Crippen LogP contribution in [-0.2, 0) is 13.1 Å². The van der Waals surface area contributed by atoms with Crippen molar-refractivity contribution in [2.75, 3.05) is 0 Å². The van der Waals surface area contributed by atoms with Crippen LogP contribution in [-0.4, -0.2) is 10.9 Å². The van der Waals surface area contributed by atoms with Crippen LogP contribution in [0, 0.1) is 6.92 Å². The molecule has 0 spiro atoms. The highest BCUT2D eigenvalue weighted by molar-refractivity contribution is 6.31. The molecule has 0 unspecified atom stereocenters. The van der Waals surface area contributed by atoms with Crippen LogP contribution in [0.1, 0.15) is 27.0 Å². The Morgan fingerprint density at radius 2 is 2.05 bits per heavy atom.